The van der Waals surface area contributed by atoms with Gasteiger partial charge in [-0.3, -0.25) is 0 Å². The van der Waals surface area contributed by atoms with Gasteiger partial charge in [-0.2, -0.15) is 0 Å². The Balaban J connectivity index is 2.23. The summed E-state index contributed by atoms with van der Waals surface area (Å²) >= 11 is 3.26. The van der Waals surface area contributed by atoms with E-state index in [0.717, 1.165) is 18.2 Å². The van der Waals surface area contributed by atoms with Crippen LogP contribution in [0.5, 0.6) is 11.5 Å². The van der Waals surface area contributed by atoms with Crippen LogP contribution >= 0.6 is 15.9 Å². The molecule has 0 aliphatic heterocycles. The summed E-state index contributed by atoms with van der Waals surface area (Å²) in [4.78, 5) is 23.1. The third kappa shape index (κ3) is 5.52. The highest BCUT2D eigenvalue weighted by molar-refractivity contribution is 9.10. The summed E-state index contributed by atoms with van der Waals surface area (Å²) < 4.78 is 41.6. The highest BCUT2D eigenvalue weighted by Gasteiger charge is 2.14. The van der Waals surface area contributed by atoms with E-state index >= 15 is 0 Å². The first-order chi connectivity index (χ1) is 12.8. The van der Waals surface area contributed by atoms with Gasteiger partial charge in [0.25, 0.3) is 0 Å². The van der Waals surface area contributed by atoms with Crippen molar-refractivity contribution in [1.82, 2.24) is 0 Å². The van der Waals surface area contributed by atoms with Gasteiger partial charge >= 0.3 is 11.9 Å². The Morgan fingerprint density at radius 2 is 1.74 bits per heavy atom. The average Bonchev–Trinajstić information content (AvgIpc) is 2.64. The van der Waals surface area contributed by atoms with Gasteiger partial charge < -0.3 is 19.5 Å². The van der Waals surface area contributed by atoms with Crippen LogP contribution in [0.15, 0.2) is 52.6 Å². The van der Waals surface area contributed by atoms with E-state index in [2.05, 4.69) is 30.7 Å². The van der Waals surface area contributed by atoms with Gasteiger partial charge in [0.2, 0.25) is 0 Å². The smallest absolute Gasteiger partial charge is 0.354 e. The summed E-state index contributed by atoms with van der Waals surface area (Å²) in [6.07, 6.45) is 0.943. The number of hydrogen-bond donors (Lipinski definition) is 1. The third-order valence-corrected chi connectivity index (χ3v) is 3.81. The van der Waals surface area contributed by atoms with Crippen LogP contribution < -0.4 is 10.1 Å². The highest BCUT2D eigenvalue weighted by Crippen LogP contribution is 2.33. The minimum atomic E-state index is -0.849. The number of halogens is 3. The molecule has 0 aromatic heterocycles. The molecule has 1 N–H and O–H groups in total. The first-order valence-corrected chi connectivity index (χ1v) is 8.20. The standard InChI is InChI=1S/C18H14BrF2NO5/c1-25-17(23)9-14(18(24)26-2)22-11-4-6-15(12(19)8-11)27-16-5-3-10(20)7-13(16)21/h3-9,22H,1-2H3/b14-9+. The molecular weight excluding hydrogens is 428 g/mol. The van der Waals surface area contributed by atoms with Gasteiger partial charge in [-0.25, -0.2) is 18.4 Å². The first-order valence-electron chi connectivity index (χ1n) is 7.41. The molecule has 0 spiro atoms. The Morgan fingerprint density at radius 3 is 2.33 bits per heavy atom. The molecule has 0 unspecified atom stereocenters. The van der Waals surface area contributed by atoms with E-state index in [9.17, 15) is 18.4 Å². The molecule has 0 amide bonds. The van der Waals surface area contributed by atoms with Crippen LogP contribution in [0.4, 0.5) is 14.5 Å². The molecule has 2 aromatic carbocycles. The number of carbonyl (C=O) groups is 2. The lowest BCUT2D eigenvalue weighted by Gasteiger charge is -2.12. The molecule has 0 fully saturated rings. The van der Waals surface area contributed by atoms with Crippen molar-refractivity contribution in [2.75, 3.05) is 19.5 Å². The number of carbonyl (C=O) groups excluding carboxylic acids is 2. The fourth-order valence-electron chi connectivity index (χ4n) is 1.93. The van der Waals surface area contributed by atoms with Gasteiger partial charge in [-0.05, 0) is 46.3 Å². The van der Waals surface area contributed by atoms with Crippen molar-refractivity contribution in [3.63, 3.8) is 0 Å². The quantitative estimate of drug-likeness (QED) is 0.535. The average molecular weight is 442 g/mol. The van der Waals surface area contributed by atoms with Gasteiger partial charge in [0.1, 0.15) is 17.3 Å². The number of hydrogen-bond acceptors (Lipinski definition) is 6. The fraction of sp³-hybridized carbons (Fsp3) is 0.111. The maximum atomic E-state index is 13.7. The van der Waals surface area contributed by atoms with Gasteiger partial charge in [0.05, 0.1) is 24.8 Å². The normalized spacial score (nSPS) is 10.9. The van der Waals surface area contributed by atoms with E-state index in [0.29, 0.717) is 16.2 Å². The Kier molecular flexibility index (Phi) is 6.89. The molecule has 142 valence electrons. The van der Waals surface area contributed by atoms with Crippen LogP contribution in [0.25, 0.3) is 0 Å². The lowest BCUT2D eigenvalue weighted by atomic mass is 10.2. The monoisotopic (exact) mass is 441 g/mol. The lowest BCUT2D eigenvalue weighted by Crippen LogP contribution is -2.15. The molecule has 0 bridgehead atoms. The number of esters is 2. The molecule has 0 atom stereocenters. The molecule has 2 rings (SSSR count). The molecule has 0 heterocycles. The van der Waals surface area contributed by atoms with E-state index in [1.807, 2.05) is 0 Å². The summed E-state index contributed by atoms with van der Waals surface area (Å²) in [7, 11) is 2.34. The van der Waals surface area contributed by atoms with Crippen LogP contribution in [0, 0.1) is 11.6 Å². The number of rotatable bonds is 6. The Labute approximate surface area is 161 Å². The second kappa shape index (κ2) is 9.13. The van der Waals surface area contributed by atoms with Crippen LogP contribution in [-0.4, -0.2) is 26.2 Å². The minimum absolute atomic E-state index is 0.144. The highest BCUT2D eigenvalue weighted by atomic mass is 79.9. The summed E-state index contributed by atoms with van der Waals surface area (Å²) in [6.45, 7) is 0. The second-order valence-electron chi connectivity index (χ2n) is 5.02. The molecule has 27 heavy (non-hydrogen) atoms. The summed E-state index contributed by atoms with van der Waals surface area (Å²) in [5, 5.41) is 2.72. The third-order valence-electron chi connectivity index (χ3n) is 3.19. The lowest BCUT2D eigenvalue weighted by molar-refractivity contribution is -0.138. The largest absolute Gasteiger partial charge is 0.466 e. The van der Waals surface area contributed by atoms with E-state index in [4.69, 9.17) is 4.74 Å². The maximum absolute atomic E-state index is 13.7. The molecular formula is C18H14BrF2NO5. The van der Waals surface area contributed by atoms with Crippen molar-refractivity contribution >= 4 is 33.6 Å². The maximum Gasteiger partial charge on any atom is 0.354 e. The molecule has 0 saturated heterocycles. The molecule has 0 radical (unpaired) electrons. The summed E-state index contributed by atoms with van der Waals surface area (Å²) in [5.41, 5.74) is 0.267. The molecule has 0 saturated carbocycles. The predicted octanol–water partition coefficient (Wildman–Crippen LogP) is 4.16. The Bertz CT molecular complexity index is 901. The number of anilines is 1. The van der Waals surface area contributed by atoms with Crippen molar-refractivity contribution in [3.05, 3.63) is 64.3 Å². The second-order valence-corrected chi connectivity index (χ2v) is 5.87. The molecule has 6 nitrogen and oxygen atoms in total. The van der Waals surface area contributed by atoms with E-state index in [1.165, 1.54) is 32.4 Å². The van der Waals surface area contributed by atoms with Gasteiger partial charge in [0, 0.05) is 11.8 Å². The zero-order valence-electron chi connectivity index (χ0n) is 14.2. The topological polar surface area (TPSA) is 73.9 Å². The van der Waals surface area contributed by atoms with E-state index < -0.39 is 23.6 Å². The van der Waals surface area contributed by atoms with E-state index in [-0.39, 0.29) is 17.2 Å². The van der Waals surface area contributed by atoms with Crippen LogP contribution in [0.1, 0.15) is 0 Å². The molecule has 2 aromatic rings. The Morgan fingerprint density at radius 1 is 1.04 bits per heavy atom. The zero-order chi connectivity index (χ0) is 20.0. The van der Waals surface area contributed by atoms with Gasteiger partial charge in [-0.1, -0.05) is 0 Å². The van der Waals surface area contributed by atoms with E-state index in [1.54, 1.807) is 0 Å². The van der Waals surface area contributed by atoms with Crippen molar-refractivity contribution in [1.29, 1.82) is 0 Å². The van der Waals surface area contributed by atoms with Crippen LogP contribution in [0.2, 0.25) is 0 Å². The molecule has 0 aliphatic rings. The SMILES string of the molecule is COC(=O)/C=C(/Nc1ccc(Oc2ccc(F)cc2F)c(Br)c1)C(=O)OC. The first kappa shape index (κ1) is 20.4. The molecule has 9 heteroatoms. The Hall–Kier alpha value is -2.94. The number of ether oxygens (including phenoxy) is 3. The predicted molar refractivity (Wildman–Crippen MR) is 96.3 cm³/mol. The van der Waals surface area contributed by atoms with Crippen molar-refractivity contribution < 1.29 is 32.6 Å². The van der Waals surface area contributed by atoms with Crippen molar-refractivity contribution in [2.24, 2.45) is 0 Å². The van der Waals surface area contributed by atoms with Crippen LogP contribution in [0.3, 0.4) is 0 Å². The molecule has 0 aliphatic carbocycles. The number of benzene rings is 2. The zero-order valence-corrected chi connectivity index (χ0v) is 15.8. The van der Waals surface area contributed by atoms with Gasteiger partial charge in [-0.15, -0.1) is 0 Å². The van der Waals surface area contributed by atoms with Crippen LogP contribution in [-0.2, 0) is 19.1 Å². The summed E-state index contributed by atoms with van der Waals surface area (Å²) in [5.74, 6) is -2.98. The number of methoxy groups -OCH3 is 2. The summed E-state index contributed by atoms with van der Waals surface area (Å²) in [6, 6.07) is 7.49. The van der Waals surface area contributed by atoms with Crippen molar-refractivity contribution in [3.8, 4) is 11.5 Å². The fourth-order valence-corrected chi connectivity index (χ4v) is 2.39. The number of nitrogens with one attached hydrogen (secondary N) is 1. The van der Waals surface area contributed by atoms with Gasteiger partial charge in [0.15, 0.2) is 11.6 Å². The van der Waals surface area contributed by atoms with Crippen molar-refractivity contribution in [2.45, 2.75) is 0 Å². The minimum Gasteiger partial charge on any atom is -0.466 e.